The Hall–Kier alpha value is -2.71. The molecule has 2 N–H and O–H groups in total. The molecule has 0 fully saturated rings. The summed E-state index contributed by atoms with van der Waals surface area (Å²) in [5, 5.41) is 17.3. The summed E-state index contributed by atoms with van der Waals surface area (Å²) >= 11 is 0. The second-order valence-corrected chi connectivity index (χ2v) is 3.82. The molecule has 114 valence electrons. The molecule has 1 aromatic carbocycles. The van der Waals surface area contributed by atoms with Crippen LogP contribution in [0, 0.1) is 0 Å². The lowest BCUT2D eigenvalue weighted by Crippen LogP contribution is -2.39. The van der Waals surface area contributed by atoms with Crippen LogP contribution >= 0.6 is 0 Å². The van der Waals surface area contributed by atoms with E-state index in [1.165, 1.54) is 12.1 Å². The van der Waals surface area contributed by atoms with Crippen molar-refractivity contribution in [3.05, 3.63) is 29.8 Å². The van der Waals surface area contributed by atoms with Crippen molar-refractivity contribution < 1.29 is 38.1 Å². The first-order chi connectivity index (χ1) is 9.81. The van der Waals surface area contributed by atoms with Crippen molar-refractivity contribution in [3.8, 4) is 5.75 Å². The Kier molecular flexibility index (Phi) is 5.58. The maximum absolute atomic E-state index is 12.2. The van der Waals surface area contributed by atoms with Gasteiger partial charge < -0.3 is 19.8 Å². The van der Waals surface area contributed by atoms with Crippen molar-refractivity contribution in [2.75, 3.05) is 13.1 Å². The molecule has 1 rings (SSSR count). The zero-order chi connectivity index (χ0) is 16.0. The fourth-order valence-corrected chi connectivity index (χ4v) is 1.54. The van der Waals surface area contributed by atoms with E-state index in [0.29, 0.717) is 4.90 Å². The van der Waals surface area contributed by atoms with Crippen molar-refractivity contribution in [2.45, 2.75) is 6.61 Å². The van der Waals surface area contributed by atoms with E-state index in [0.717, 1.165) is 12.1 Å². The summed E-state index contributed by atoms with van der Waals surface area (Å²) < 4.78 is 28.7. The highest BCUT2D eigenvalue weighted by Crippen LogP contribution is 2.21. The third kappa shape index (κ3) is 5.05. The predicted octanol–water partition coefficient (Wildman–Crippen LogP) is 0.899. The maximum atomic E-state index is 12.2. The summed E-state index contributed by atoms with van der Waals surface area (Å²) in [5.74, 6) is -4.36. The maximum Gasteiger partial charge on any atom is 0.387 e. The number of amides is 1. The summed E-state index contributed by atoms with van der Waals surface area (Å²) in [6.45, 7) is -4.94. The van der Waals surface area contributed by atoms with Gasteiger partial charge in [0.2, 0.25) is 0 Å². The Labute approximate surface area is 117 Å². The average Bonchev–Trinajstić information content (AvgIpc) is 2.36. The number of aliphatic carboxylic acids is 2. The van der Waals surface area contributed by atoms with Crippen LogP contribution in [0.25, 0.3) is 0 Å². The molecular weight excluding hydrogens is 292 g/mol. The molecule has 0 heterocycles. The zero-order valence-corrected chi connectivity index (χ0v) is 10.5. The lowest BCUT2D eigenvalue weighted by atomic mass is 10.1. The summed E-state index contributed by atoms with van der Waals surface area (Å²) in [5.41, 5.74) is -0.347. The van der Waals surface area contributed by atoms with Crippen molar-refractivity contribution in [1.29, 1.82) is 0 Å². The molecule has 0 aliphatic carbocycles. The number of hydrogen-bond acceptors (Lipinski definition) is 4. The average molecular weight is 303 g/mol. The Balaban J connectivity index is 3.07. The molecule has 0 aliphatic heterocycles. The highest BCUT2D eigenvalue weighted by molar-refractivity contribution is 5.99. The van der Waals surface area contributed by atoms with E-state index in [4.69, 9.17) is 10.2 Å². The number of benzene rings is 1. The first-order valence-electron chi connectivity index (χ1n) is 5.58. The lowest BCUT2D eigenvalue weighted by molar-refractivity contribution is -0.140. The number of nitrogens with zero attached hydrogens (tertiary/aromatic N) is 1. The van der Waals surface area contributed by atoms with Gasteiger partial charge in [0.1, 0.15) is 18.8 Å². The van der Waals surface area contributed by atoms with Crippen LogP contribution in [0.4, 0.5) is 8.78 Å². The van der Waals surface area contributed by atoms with Gasteiger partial charge in [-0.2, -0.15) is 8.78 Å². The van der Waals surface area contributed by atoms with Crippen molar-refractivity contribution >= 4 is 17.8 Å². The van der Waals surface area contributed by atoms with E-state index >= 15 is 0 Å². The van der Waals surface area contributed by atoms with E-state index in [2.05, 4.69) is 4.74 Å². The van der Waals surface area contributed by atoms with Gasteiger partial charge in [-0.05, 0) is 12.1 Å². The fourth-order valence-electron chi connectivity index (χ4n) is 1.54. The van der Waals surface area contributed by atoms with Gasteiger partial charge in [0.25, 0.3) is 5.91 Å². The summed E-state index contributed by atoms with van der Waals surface area (Å²) in [4.78, 5) is 33.9. The van der Waals surface area contributed by atoms with E-state index < -0.39 is 43.3 Å². The minimum atomic E-state index is -3.17. The molecule has 1 amide bonds. The first-order valence-corrected chi connectivity index (χ1v) is 5.58. The predicted molar refractivity (Wildman–Crippen MR) is 64.2 cm³/mol. The molecule has 0 radical (unpaired) electrons. The van der Waals surface area contributed by atoms with E-state index in [9.17, 15) is 23.2 Å². The highest BCUT2D eigenvalue weighted by Gasteiger charge is 2.24. The molecule has 0 bridgehead atoms. The highest BCUT2D eigenvalue weighted by atomic mass is 19.3. The normalized spacial score (nSPS) is 10.2. The number of ether oxygens (including phenoxy) is 1. The zero-order valence-electron chi connectivity index (χ0n) is 10.5. The van der Waals surface area contributed by atoms with Crippen LogP contribution in [0.1, 0.15) is 10.4 Å². The number of hydrogen-bond donors (Lipinski definition) is 2. The van der Waals surface area contributed by atoms with E-state index in [1.54, 1.807) is 0 Å². The van der Waals surface area contributed by atoms with E-state index in [-0.39, 0.29) is 5.56 Å². The van der Waals surface area contributed by atoms with E-state index in [1.807, 2.05) is 0 Å². The topological polar surface area (TPSA) is 104 Å². The Morgan fingerprint density at radius 1 is 1.10 bits per heavy atom. The largest absolute Gasteiger partial charge is 0.480 e. The van der Waals surface area contributed by atoms with Crippen molar-refractivity contribution in [1.82, 2.24) is 4.90 Å². The number of carbonyl (C=O) groups excluding carboxylic acids is 1. The van der Waals surface area contributed by atoms with Crippen LogP contribution in [0.2, 0.25) is 0 Å². The van der Waals surface area contributed by atoms with Gasteiger partial charge in [0.15, 0.2) is 0 Å². The number of halogens is 2. The third-order valence-electron chi connectivity index (χ3n) is 2.27. The molecule has 0 atom stereocenters. The Bertz CT molecular complexity index is 532. The second kappa shape index (κ2) is 7.17. The van der Waals surface area contributed by atoms with Gasteiger partial charge in [-0.25, -0.2) is 0 Å². The molecule has 1 aromatic rings. The first kappa shape index (κ1) is 16.3. The number of carbonyl (C=O) groups is 3. The Morgan fingerprint density at radius 2 is 1.62 bits per heavy atom. The van der Waals surface area contributed by atoms with Crippen LogP contribution in [-0.4, -0.2) is 52.7 Å². The minimum absolute atomic E-state index is 0.347. The van der Waals surface area contributed by atoms with Crippen LogP contribution in [0.3, 0.4) is 0 Å². The molecule has 0 aromatic heterocycles. The van der Waals surface area contributed by atoms with Gasteiger partial charge in [-0.15, -0.1) is 0 Å². The monoisotopic (exact) mass is 303 g/mol. The van der Waals surface area contributed by atoms with Crippen molar-refractivity contribution in [3.63, 3.8) is 0 Å². The number of para-hydroxylation sites is 1. The number of rotatable bonds is 7. The molecule has 0 saturated heterocycles. The molecule has 0 unspecified atom stereocenters. The molecule has 0 aliphatic rings. The Morgan fingerprint density at radius 3 is 2.10 bits per heavy atom. The summed E-state index contributed by atoms with van der Waals surface area (Å²) in [6.07, 6.45) is 0. The SMILES string of the molecule is O=C(O)CN(CC(=O)O)C(=O)c1ccccc1OC(F)F. The van der Waals surface area contributed by atoms with Gasteiger partial charge in [0, 0.05) is 0 Å². The number of carboxylic acid groups (broad SMARTS) is 2. The van der Waals surface area contributed by atoms with Crippen LogP contribution in [0.15, 0.2) is 24.3 Å². The molecular formula is C12H11F2NO6. The molecule has 0 spiro atoms. The van der Waals surface area contributed by atoms with Gasteiger partial charge in [0.05, 0.1) is 5.56 Å². The molecule has 9 heteroatoms. The lowest BCUT2D eigenvalue weighted by Gasteiger charge is -2.20. The molecule has 21 heavy (non-hydrogen) atoms. The van der Waals surface area contributed by atoms with Crippen LogP contribution in [-0.2, 0) is 9.59 Å². The smallest absolute Gasteiger partial charge is 0.387 e. The fraction of sp³-hybridized carbons (Fsp3) is 0.250. The standard InChI is InChI=1S/C12H11F2NO6/c13-12(14)21-8-4-2-1-3-7(8)11(20)15(5-9(16)17)6-10(18)19/h1-4,12H,5-6H2,(H,16,17)(H,18,19). The second-order valence-electron chi connectivity index (χ2n) is 3.82. The molecule has 7 nitrogen and oxygen atoms in total. The number of alkyl halides is 2. The summed E-state index contributed by atoms with van der Waals surface area (Å²) in [6, 6.07) is 4.92. The van der Waals surface area contributed by atoms with Gasteiger partial charge in [-0.3, -0.25) is 14.4 Å². The molecule has 0 saturated carbocycles. The summed E-state index contributed by atoms with van der Waals surface area (Å²) in [7, 11) is 0. The third-order valence-corrected chi connectivity index (χ3v) is 2.27. The van der Waals surface area contributed by atoms with Gasteiger partial charge in [-0.1, -0.05) is 12.1 Å². The van der Waals surface area contributed by atoms with Gasteiger partial charge >= 0.3 is 18.6 Å². The number of carboxylic acids is 2. The van der Waals surface area contributed by atoms with Crippen molar-refractivity contribution in [2.24, 2.45) is 0 Å². The minimum Gasteiger partial charge on any atom is -0.480 e. The van der Waals surface area contributed by atoms with Crippen LogP contribution in [0.5, 0.6) is 5.75 Å². The quantitative estimate of drug-likeness (QED) is 0.775. The van der Waals surface area contributed by atoms with Crippen LogP contribution < -0.4 is 4.74 Å².